The number of aromatic nitrogens is 4. The van der Waals surface area contributed by atoms with Crippen LogP contribution in [0.15, 0.2) is 34.1 Å². The standard InChI is InChI=1S/C22H28N6O3S/c1-3-18(22(30)23-16-7-4-5-8-16)27(13-17-9-6-12-32-17)20(29)14-28-25-21(24-26-28)19-11-10-15(2)31-19/h6,9-12,16,18H,3-5,7-8,13-14H2,1-2H3,(H,23,30). The van der Waals surface area contributed by atoms with Gasteiger partial charge in [-0.15, -0.1) is 21.5 Å². The van der Waals surface area contributed by atoms with Gasteiger partial charge in [-0.3, -0.25) is 9.59 Å². The number of thiophene rings is 1. The number of amides is 2. The van der Waals surface area contributed by atoms with E-state index in [1.165, 1.54) is 4.80 Å². The molecule has 2 amide bonds. The van der Waals surface area contributed by atoms with Gasteiger partial charge in [-0.05, 0) is 55.0 Å². The summed E-state index contributed by atoms with van der Waals surface area (Å²) >= 11 is 1.56. The van der Waals surface area contributed by atoms with Crippen molar-refractivity contribution >= 4 is 23.2 Å². The Morgan fingerprint density at radius 3 is 2.78 bits per heavy atom. The van der Waals surface area contributed by atoms with Crippen LogP contribution in [-0.4, -0.2) is 49.0 Å². The highest BCUT2D eigenvalue weighted by molar-refractivity contribution is 7.09. The summed E-state index contributed by atoms with van der Waals surface area (Å²) in [6.07, 6.45) is 4.79. The summed E-state index contributed by atoms with van der Waals surface area (Å²) in [5, 5.41) is 17.4. The van der Waals surface area contributed by atoms with Gasteiger partial charge in [-0.25, -0.2) is 0 Å². The Labute approximate surface area is 190 Å². The Morgan fingerprint density at radius 1 is 1.31 bits per heavy atom. The molecule has 1 aliphatic carbocycles. The topological polar surface area (TPSA) is 106 Å². The maximum atomic E-state index is 13.3. The molecule has 1 aliphatic rings. The number of nitrogens with one attached hydrogen (secondary N) is 1. The number of aryl methyl sites for hydroxylation is 1. The highest BCUT2D eigenvalue weighted by atomic mass is 32.1. The first-order valence-electron chi connectivity index (χ1n) is 11.0. The van der Waals surface area contributed by atoms with Crippen LogP contribution < -0.4 is 5.32 Å². The zero-order valence-corrected chi connectivity index (χ0v) is 19.2. The van der Waals surface area contributed by atoms with Crippen LogP contribution in [0.5, 0.6) is 0 Å². The summed E-state index contributed by atoms with van der Waals surface area (Å²) < 4.78 is 5.53. The fourth-order valence-corrected chi connectivity index (χ4v) is 4.74. The normalized spacial score (nSPS) is 15.1. The van der Waals surface area contributed by atoms with Gasteiger partial charge in [0, 0.05) is 10.9 Å². The van der Waals surface area contributed by atoms with E-state index in [1.807, 2.05) is 37.4 Å². The van der Waals surface area contributed by atoms with Crippen LogP contribution in [0.2, 0.25) is 0 Å². The minimum Gasteiger partial charge on any atom is -0.458 e. The Kier molecular flexibility index (Phi) is 6.99. The molecule has 4 rings (SSSR count). The van der Waals surface area contributed by atoms with Gasteiger partial charge in [-0.1, -0.05) is 25.8 Å². The molecule has 3 heterocycles. The highest BCUT2D eigenvalue weighted by Crippen LogP contribution is 2.21. The molecule has 1 N–H and O–H groups in total. The van der Waals surface area contributed by atoms with E-state index in [2.05, 4.69) is 20.7 Å². The minimum atomic E-state index is -0.555. The van der Waals surface area contributed by atoms with E-state index < -0.39 is 6.04 Å². The van der Waals surface area contributed by atoms with Crippen molar-refractivity contribution in [2.75, 3.05) is 0 Å². The second kappa shape index (κ2) is 10.1. The Hall–Kier alpha value is -3.01. The monoisotopic (exact) mass is 456 g/mol. The quantitative estimate of drug-likeness (QED) is 0.530. The molecule has 1 atom stereocenters. The molecule has 9 nitrogen and oxygen atoms in total. The van der Waals surface area contributed by atoms with Crippen molar-refractivity contribution in [1.29, 1.82) is 0 Å². The average molecular weight is 457 g/mol. The maximum absolute atomic E-state index is 13.3. The van der Waals surface area contributed by atoms with E-state index in [0.717, 1.165) is 36.3 Å². The lowest BCUT2D eigenvalue weighted by Crippen LogP contribution is -2.51. The van der Waals surface area contributed by atoms with Crippen LogP contribution in [0.1, 0.15) is 49.7 Å². The first-order valence-corrected chi connectivity index (χ1v) is 11.9. The van der Waals surface area contributed by atoms with Crippen molar-refractivity contribution in [3.63, 3.8) is 0 Å². The number of furan rings is 1. The third-order valence-electron chi connectivity index (χ3n) is 5.68. The van der Waals surface area contributed by atoms with Crippen molar-refractivity contribution < 1.29 is 14.0 Å². The lowest BCUT2D eigenvalue weighted by atomic mass is 10.1. The van der Waals surface area contributed by atoms with Crippen LogP contribution in [0, 0.1) is 6.92 Å². The SMILES string of the molecule is CCC(C(=O)NC1CCCC1)N(Cc1cccs1)C(=O)Cn1nnc(-c2ccc(C)o2)n1. The summed E-state index contributed by atoms with van der Waals surface area (Å²) in [5.74, 6) is 1.24. The molecule has 3 aromatic heterocycles. The van der Waals surface area contributed by atoms with E-state index in [1.54, 1.807) is 22.3 Å². The van der Waals surface area contributed by atoms with Gasteiger partial charge in [0.1, 0.15) is 18.3 Å². The van der Waals surface area contributed by atoms with Crippen molar-refractivity contribution in [3.05, 3.63) is 40.3 Å². The van der Waals surface area contributed by atoms with Crippen molar-refractivity contribution in [3.8, 4) is 11.6 Å². The van der Waals surface area contributed by atoms with Gasteiger partial charge in [0.25, 0.3) is 0 Å². The number of hydrogen-bond donors (Lipinski definition) is 1. The first-order chi connectivity index (χ1) is 15.5. The van der Waals surface area contributed by atoms with Crippen molar-refractivity contribution in [1.82, 2.24) is 30.4 Å². The van der Waals surface area contributed by atoms with E-state index in [4.69, 9.17) is 4.42 Å². The minimum absolute atomic E-state index is 0.0948. The van der Waals surface area contributed by atoms with Crippen LogP contribution >= 0.6 is 11.3 Å². The predicted octanol–water partition coefficient (Wildman–Crippen LogP) is 3.17. The second-order valence-corrected chi connectivity index (χ2v) is 9.10. The number of hydrogen-bond acceptors (Lipinski definition) is 7. The van der Waals surface area contributed by atoms with E-state index in [-0.39, 0.29) is 24.4 Å². The smallest absolute Gasteiger partial charge is 0.247 e. The molecule has 1 unspecified atom stereocenters. The number of rotatable bonds is 9. The number of carbonyl (C=O) groups is 2. The molecule has 32 heavy (non-hydrogen) atoms. The molecular formula is C22H28N6O3S. The molecule has 1 fully saturated rings. The number of tetrazole rings is 1. The molecule has 10 heteroatoms. The summed E-state index contributed by atoms with van der Waals surface area (Å²) in [5.41, 5.74) is 0. The van der Waals surface area contributed by atoms with Gasteiger partial charge >= 0.3 is 0 Å². The molecule has 0 aromatic carbocycles. The lowest BCUT2D eigenvalue weighted by Gasteiger charge is -2.30. The van der Waals surface area contributed by atoms with Crippen molar-refractivity contribution in [2.45, 2.75) is 71.1 Å². The van der Waals surface area contributed by atoms with Gasteiger partial charge in [-0.2, -0.15) is 4.80 Å². The zero-order valence-electron chi connectivity index (χ0n) is 18.4. The Morgan fingerprint density at radius 2 is 2.12 bits per heavy atom. The summed E-state index contributed by atoms with van der Waals surface area (Å²) in [6, 6.07) is 7.14. The largest absolute Gasteiger partial charge is 0.458 e. The molecular weight excluding hydrogens is 428 g/mol. The van der Waals surface area contributed by atoms with E-state index in [0.29, 0.717) is 24.6 Å². The van der Waals surface area contributed by atoms with Crippen LogP contribution in [0.25, 0.3) is 11.6 Å². The number of carbonyl (C=O) groups excluding carboxylic acids is 2. The Balaban J connectivity index is 1.50. The maximum Gasteiger partial charge on any atom is 0.247 e. The van der Waals surface area contributed by atoms with Gasteiger partial charge in [0.05, 0.1) is 6.54 Å². The first kappa shape index (κ1) is 22.2. The summed E-state index contributed by atoms with van der Waals surface area (Å²) in [7, 11) is 0. The van der Waals surface area contributed by atoms with Crippen molar-refractivity contribution in [2.24, 2.45) is 0 Å². The van der Waals surface area contributed by atoms with Crippen LogP contribution in [0.4, 0.5) is 0 Å². The highest BCUT2D eigenvalue weighted by Gasteiger charge is 2.31. The fourth-order valence-electron chi connectivity index (χ4n) is 4.03. The second-order valence-electron chi connectivity index (χ2n) is 8.07. The molecule has 0 bridgehead atoms. The van der Waals surface area contributed by atoms with Gasteiger partial charge in [0.15, 0.2) is 5.76 Å². The van der Waals surface area contributed by atoms with Crippen LogP contribution in [0.3, 0.4) is 0 Å². The average Bonchev–Trinajstić information content (AvgIpc) is 3.56. The van der Waals surface area contributed by atoms with Gasteiger partial charge < -0.3 is 14.6 Å². The molecule has 0 aliphatic heterocycles. The summed E-state index contributed by atoms with van der Waals surface area (Å²) in [4.78, 5) is 30.3. The van der Waals surface area contributed by atoms with E-state index >= 15 is 0 Å². The molecule has 0 saturated heterocycles. The van der Waals surface area contributed by atoms with Crippen LogP contribution in [-0.2, 0) is 22.7 Å². The summed E-state index contributed by atoms with van der Waals surface area (Å²) in [6.45, 7) is 4.03. The third kappa shape index (κ3) is 5.24. The number of nitrogens with zero attached hydrogens (tertiary/aromatic N) is 5. The Bertz CT molecular complexity index is 1040. The molecule has 3 aromatic rings. The predicted molar refractivity (Wildman–Crippen MR) is 120 cm³/mol. The molecule has 170 valence electrons. The fraction of sp³-hybridized carbons (Fsp3) is 0.500. The zero-order chi connectivity index (χ0) is 22.5. The molecule has 1 saturated carbocycles. The lowest BCUT2D eigenvalue weighted by molar-refractivity contribution is -0.142. The van der Waals surface area contributed by atoms with E-state index in [9.17, 15) is 9.59 Å². The van der Waals surface area contributed by atoms with Gasteiger partial charge in [0.2, 0.25) is 17.6 Å². The third-order valence-corrected chi connectivity index (χ3v) is 6.55. The molecule has 0 spiro atoms. The molecule has 0 radical (unpaired) electrons.